The SMILES string of the molecule is CC(C)(Nc1ncc(Cl)cc1F)c1nccs1. The Balaban J connectivity index is 2.26. The van der Waals surface area contributed by atoms with Crippen molar-refractivity contribution >= 4 is 28.8 Å². The van der Waals surface area contributed by atoms with Crippen LogP contribution in [0.5, 0.6) is 0 Å². The van der Waals surface area contributed by atoms with E-state index in [1.807, 2.05) is 19.2 Å². The molecule has 1 N–H and O–H groups in total. The van der Waals surface area contributed by atoms with Gasteiger partial charge in [-0.05, 0) is 19.9 Å². The van der Waals surface area contributed by atoms with E-state index < -0.39 is 11.4 Å². The average molecular weight is 272 g/mol. The molecule has 0 unspecified atom stereocenters. The molecule has 3 nitrogen and oxygen atoms in total. The molecule has 0 atom stereocenters. The molecule has 2 aromatic heterocycles. The summed E-state index contributed by atoms with van der Waals surface area (Å²) in [5, 5.41) is 6.05. The number of pyridine rings is 1. The van der Waals surface area contributed by atoms with Crippen molar-refractivity contribution in [1.82, 2.24) is 9.97 Å². The highest BCUT2D eigenvalue weighted by molar-refractivity contribution is 7.09. The van der Waals surface area contributed by atoms with E-state index in [-0.39, 0.29) is 10.8 Å². The van der Waals surface area contributed by atoms with Crippen LogP contribution in [-0.2, 0) is 5.54 Å². The third-order valence-electron chi connectivity index (χ3n) is 2.21. The number of hydrogen-bond donors (Lipinski definition) is 1. The first-order chi connectivity index (χ1) is 7.99. The quantitative estimate of drug-likeness (QED) is 0.925. The second kappa shape index (κ2) is 4.58. The lowest BCUT2D eigenvalue weighted by Gasteiger charge is -2.24. The van der Waals surface area contributed by atoms with Crippen LogP contribution in [0.25, 0.3) is 0 Å². The lowest BCUT2D eigenvalue weighted by Crippen LogP contribution is -2.28. The first kappa shape index (κ1) is 12.3. The van der Waals surface area contributed by atoms with E-state index in [4.69, 9.17) is 11.6 Å². The van der Waals surface area contributed by atoms with Gasteiger partial charge < -0.3 is 5.32 Å². The van der Waals surface area contributed by atoms with Gasteiger partial charge in [0.05, 0.1) is 10.6 Å². The highest BCUT2D eigenvalue weighted by Crippen LogP contribution is 2.27. The number of nitrogens with zero attached hydrogens (tertiary/aromatic N) is 2. The standard InChI is InChI=1S/C11H11ClFN3S/c1-11(2,10-14-3-4-17-10)16-9-8(13)5-7(12)6-15-9/h3-6H,1-2H3,(H,15,16). The Bertz CT molecular complexity index is 513. The molecule has 2 aromatic rings. The Morgan fingerprint density at radius 3 is 2.76 bits per heavy atom. The van der Waals surface area contributed by atoms with Crippen LogP contribution in [0.3, 0.4) is 0 Å². The summed E-state index contributed by atoms with van der Waals surface area (Å²) >= 11 is 7.16. The Hall–Kier alpha value is -1.20. The minimum atomic E-state index is -0.476. The fourth-order valence-electron chi connectivity index (χ4n) is 1.39. The average Bonchev–Trinajstić information content (AvgIpc) is 2.76. The van der Waals surface area contributed by atoms with Crippen molar-refractivity contribution in [2.45, 2.75) is 19.4 Å². The second-order valence-corrected chi connectivity index (χ2v) is 5.40. The number of hydrogen-bond acceptors (Lipinski definition) is 4. The van der Waals surface area contributed by atoms with Crippen molar-refractivity contribution < 1.29 is 4.39 Å². The maximum Gasteiger partial charge on any atom is 0.166 e. The molecule has 0 bridgehead atoms. The predicted octanol–water partition coefficient (Wildman–Crippen LogP) is 3.68. The largest absolute Gasteiger partial charge is 0.356 e. The maximum absolute atomic E-state index is 13.6. The number of halogens is 2. The third kappa shape index (κ3) is 2.73. The summed E-state index contributed by atoms with van der Waals surface area (Å²) in [5.41, 5.74) is -0.476. The van der Waals surface area contributed by atoms with Gasteiger partial charge in [-0.1, -0.05) is 11.6 Å². The van der Waals surface area contributed by atoms with Gasteiger partial charge in [0.2, 0.25) is 0 Å². The first-order valence-corrected chi connectivity index (χ1v) is 6.24. The molecule has 0 aromatic carbocycles. The highest BCUT2D eigenvalue weighted by Gasteiger charge is 2.24. The van der Waals surface area contributed by atoms with Crippen LogP contribution in [0.4, 0.5) is 10.2 Å². The number of nitrogens with one attached hydrogen (secondary N) is 1. The molecular weight excluding hydrogens is 261 g/mol. The van der Waals surface area contributed by atoms with E-state index in [0.717, 1.165) is 5.01 Å². The number of thiazole rings is 1. The van der Waals surface area contributed by atoms with Crippen LogP contribution in [0, 0.1) is 5.82 Å². The summed E-state index contributed by atoms with van der Waals surface area (Å²) in [6.45, 7) is 3.84. The molecule has 0 aliphatic carbocycles. The van der Waals surface area contributed by atoms with Crippen molar-refractivity contribution in [3.63, 3.8) is 0 Å². The van der Waals surface area contributed by atoms with Crippen molar-refractivity contribution in [3.8, 4) is 0 Å². The van der Waals surface area contributed by atoms with E-state index >= 15 is 0 Å². The maximum atomic E-state index is 13.6. The number of rotatable bonds is 3. The molecule has 0 fully saturated rings. The molecule has 17 heavy (non-hydrogen) atoms. The fourth-order valence-corrected chi connectivity index (χ4v) is 2.25. The normalized spacial score (nSPS) is 11.5. The minimum absolute atomic E-state index is 0.176. The van der Waals surface area contributed by atoms with Gasteiger partial charge in [0.25, 0.3) is 0 Å². The van der Waals surface area contributed by atoms with Gasteiger partial charge in [0.1, 0.15) is 5.01 Å². The summed E-state index contributed by atoms with van der Waals surface area (Å²) in [4.78, 5) is 8.14. The summed E-state index contributed by atoms with van der Waals surface area (Å²) in [6, 6.07) is 1.23. The summed E-state index contributed by atoms with van der Waals surface area (Å²) in [5.74, 6) is -0.295. The van der Waals surface area contributed by atoms with E-state index in [1.165, 1.54) is 23.6 Å². The lowest BCUT2D eigenvalue weighted by molar-refractivity contribution is 0.574. The fraction of sp³-hybridized carbons (Fsp3) is 0.273. The van der Waals surface area contributed by atoms with Crippen molar-refractivity contribution in [1.29, 1.82) is 0 Å². The number of aromatic nitrogens is 2. The molecule has 0 radical (unpaired) electrons. The van der Waals surface area contributed by atoms with Gasteiger partial charge >= 0.3 is 0 Å². The molecule has 0 aliphatic heterocycles. The summed E-state index contributed by atoms with van der Waals surface area (Å²) in [7, 11) is 0. The van der Waals surface area contributed by atoms with E-state index in [9.17, 15) is 4.39 Å². The van der Waals surface area contributed by atoms with Gasteiger partial charge in [-0.15, -0.1) is 11.3 Å². The van der Waals surface area contributed by atoms with Crippen LogP contribution >= 0.6 is 22.9 Å². The lowest BCUT2D eigenvalue weighted by atomic mass is 10.1. The van der Waals surface area contributed by atoms with Gasteiger partial charge in [0, 0.05) is 17.8 Å². The first-order valence-electron chi connectivity index (χ1n) is 4.98. The second-order valence-electron chi connectivity index (χ2n) is 4.07. The zero-order chi connectivity index (χ0) is 12.5. The molecule has 2 heterocycles. The topological polar surface area (TPSA) is 37.8 Å². The molecule has 2 rings (SSSR count). The smallest absolute Gasteiger partial charge is 0.166 e. The van der Waals surface area contributed by atoms with Crippen LogP contribution in [0.1, 0.15) is 18.9 Å². The molecule has 0 aliphatic rings. The molecule has 6 heteroatoms. The predicted molar refractivity (Wildman–Crippen MR) is 68.0 cm³/mol. The van der Waals surface area contributed by atoms with E-state index in [0.29, 0.717) is 0 Å². The van der Waals surface area contributed by atoms with Crippen LogP contribution < -0.4 is 5.32 Å². The molecule has 0 spiro atoms. The Morgan fingerprint density at radius 2 is 2.18 bits per heavy atom. The van der Waals surface area contributed by atoms with Crippen molar-refractivity contribution in [2.24, 2.45) is 0 Å². The van der Waals surface area contributed by atoms with Gasteiger partial charge in [-0.25, -0.2) is 14.4 Å². The van der Waals surface area contributed by atoms with E-state index in [1.54, 1.807) is 6.20 Å². The Labute approximate surface area is 108 Å². The van der Waals surface area contributed by atoms with Gasteiger partial charge in [-0.2, -0.15) is 0 Å². The van der Waals surface area contributed by atoms with Crippen LogP contribution in [-0.4, -0.2) is 9.97 Å². The van der Waals surface area contributed by atoms with Gasteiger partial charge in [-0.3, -0.25) is 0 Å². The molecular formula is C11H11ClFN3S. The van der Waals surface area contributed by atoms with Gasteiger partial charge in [0.15, 0.2) is 11.6 Å². The van der Waals surface area contributed by atoms with Crippen molar-refractivity contribution in [2.75, 3.05) is 5.32 Å². The third-order valence-corrected chi connectivity index (χ3v) is 3.51. The monoisotopic (exact) mass is 271 g/mol. The minimum Gasteiger partial charge on any atom is -0.356 e. The zero-order valence-electron chi connectivity index (χ0n) is 9.37. The van der Waals surface area contributed by atoms with Crippen molar-refractivity contribution in [3.05, 3.63) is 39.7 Å². The molecule has 0 amide bonds. The number of anilines is 1. The zero-order valence-corrected chi connectivity index (χ0v) is 10.9. The van der Waals surface area contributed by atoms with Crippen LogP contribution in [0.15, 0.2) is 23.8 Å². The summed E-state index contributed by atoms with van der Waals surface area (Å²) < 4.78 is 13.6. The molecule has 0 saturated heterocycles. The molecule has 90 valence electrons. The Morgan fingerprint density at radius 1 is 1.41 bits per heavy atom. The molecule has 0 saturated carbocycles. The highest BCUT2D eigenvalue weighted by atomic mass is 35.5. The van der Waals surface area contributed by atoms with Crippen LogP contribution in [0.2, 0.25) is 5.02 Å². The summed E-state index contributed by atoms with van der Waals surface area (Å²) in [6.07, 6.45) is 3.12. The Kier molecular flexibility index (Phi) is 3.31. The van der Waals surface area contributed by atoms with E-state index in [2.05, 4.69) is 15.3 Å².